The second-order valence-electron chi connectivity index (χ2n) is 3.97. The highest BCUT2D eigenvalue weighted by Gasteiger charge is 2.06. The highest BCUT2D eigenvalue weighted by Crippen LogP contribution is 2.32. The van der Waals surface area contributed by atoms with Crippen molar-refractivity contribution in [3.63, 3.8) is 0 Å². The summed E-state index contributed by atoms with van der Waals surface area (Å²) in [5.74, 6) is 0.387. The van der Waals surface area contributed by atoms with E-state index in [4.69, 9.17) is 11.6 Å². The summed E-state index contributed by atoms with van der Waals surface area (Å²) in [7, 11) is 0. The zero-order chi connectivity index (χ0) is 13.2. The number of rotatable bonds is 3. The van der Waals surface area contributed by atoms with Crippen molar-refractivity contribution in [1.82, 2.24) is 4.98 Å². The fourth-order valence-corrected chi connectivity index (χ4v) is 4.08. The Balaban J connectivity index is 1.78. The summed E-state index contributed by atoms with van der Waals surface area (Å²) in [6.45, 7) is 0. The van der Waals surface area contributed by atoms with Crippen LogP contribution in [0.25, 0.3) is 10.2 Å². The molecule has 96 valence electrons. The van der Waals surface area contributed by atoms with Crippen LogP contribution in [0.2, 0.25) is 5.02 Å². The van der Waals surface area contributed by atoms with Crippen molar-refractivity contribution in [1.29, 1.82) is 0 Å². The van der Waals surface area contributed by atoms with E-state index in [1.165, 1.54) is 16.8 Å². The van der Waals surface area contributed by atoms with Gasteiger partial charge in [-0.3, -0.25) is 0 Å². The van der Waals surface area contributed by atoms with E-state index < -0.39 is 0 Å². The Morgan fingerprint density at radius 2 is 2.05 bits per heavy atom. The van der Waals surface area contributed by atoms with Gasteiger partial charge in [0, 0.05) is 10.8 Å². The zero-order valence-corrected chi connectivity index (χ0v) is 12.2. The molecule has 0 saturated heterocycles. The minimum Gasteiger partial charge on any atom is -0.230 e. The first-order valence-electron chi connectivity index (χ1n) is 5.65. The van der Waals surface area contributed by atoms with Gasteiger partial charge in [-0.15, -0.1) is 11.3 Å². The van der Waals surface area contributed by atoms with Gasteiger partial charge in [0.1, 0.15) is 5.82 Å². The number of hydrogen-bond donors (Lipinski definition) is 0. The molecule has 2 aromatic carbocycles. The number of thioether (sulfide) groups is 1. The molecule has 0 spiro atoms. The quantitative estimate of drug-likeness (QED) is 0.602. The van der Waals surface area contributed by atoms with E-state index in [1.807, 2.05) is 18.2 Å². The van der Waals surface area contributed by atoms with Gasteiger partial charge in [-0.25, -0.2) is 9.37 Å². The second kappa shape index (κ2) is 5.49. The summed E-state index contributed by atoms with van der Waals surface area (Å²) >= 11 is 9.28. The lowest BCUT2D eigenvalue weighted by Gasteiger charge is -2.02. The van der Waals surface area contributed by atoms with Gasteiger partial charge in [0.05, 0.1) is 10.2 Å². The smallest absolute Gasteiger partial charge is 0.151 e. The van der Waals surface area contributed by atoms with Gasteiger partial charge >= 0.3 is 0 Å². The summed E-state index contributed by atoms with van der Waals surface area (Å²) < 4.78 is 15.1. The lowest BCUT2D eigenvalue weighted by Crippen LogP contribution is -1.84. The fraction of sp³-hybridized carbons (Fsp3) is 0.0714. The van der Waals surface area contributed by atoms with Crippen LogP contribution in [-0.2, 0) is 5.75 Å². The molecular weight excluding hydrogens is 301 g/mol. The maximum atomic E-state index is 12.9. The third-order valence-electron chi connectivity index (χ3n) is 2.64. The van der Waals surface area contributed by atoms with E-state index in [0.29, 0.717) is 10.8 Å². The van der Waals surface area contributed by atoms with E-state index in [0.717, 1.165) is 15.4 Å². The number of thiazole rings is 1. The Labute approximate surface area is 123 Å². The zero-order valence-electron chi connectivity index (χ0n) is 9.77. The van der Waals surface area contributed by atoms with Crippen molar-refractivity contribution in [3.05, 3.63) is 58.9 Å². The number of aromatic nitrogens is 1. The monoisotopic (exact) mass is 309 g/mol. The van der Waals surface area contributed by atoms with Gasteiger partial charge in [-0.1, -0.05) is 41.6 Å². The standard InChI is InChI=1S/C14H9ClFNS2/c15-11-7-10(16)6-5-9(11)8-18-14-17-12-3-1-2-4-13(12)19-14/h1-7H,8H2. The molecule has 1 nitrogen and oxygen atoms in total. The third kappa shape index (κ3) is 2.91. The topological polar surface area (TPSA) is 12.9 Å². The molecule has 0 fully saturated rings. The summed E-state index contributed by atoms with van der Waals surface area (Å²) in [4.78, 5) is 4.54. The molecule has 0 unspecified atom stereocenters. The Kier molecular flexibility index (Phi) is 3.73. The average molecular weight is 310 g/mol. The third-order valence-corrected chi connectivity index (χ3v) is 5.22. The molecular formula is C14H9ClFNS2. The summed E-state index contributed by atoms with van der Waals surface area (Å²) in [6, 6.07) is 12.5. The number of para-hydroxylation sites is 1. The van der Waals surface area contributed by atoms with Crippen LogP contribution >= 0.6 is 34.7 Å². The Bertz CT molecular complexity index is 693. The van der Waals surface area contributed by atoms with Crippen molar-refractivity contribution >= 4 is 44.9 Å². The number of nitrogens with zero attached hydrogens (tertiary/aromatic N) is 1. The van der Waals surface area contributed by atoms with Gasteiger partial charge in [-0.2, -0.15) is 0 Å². The highest BCUT2D eigenvalue weighted by molar-refractivity contribution is 8.00. The molecule has 0 aliphatic carbocycles. The largest absolute Gasteiger partial charge is 0.230 e. The van der Waals surface area contributed by atoms with E-state index in [1.54, 1.807) is 29.2 Å². The van der Waals surface area contributed by atoms with Gasteiger partial charge in [0.25, 0.3) is 0 Å². The van der Waals surface area contributed by atoms with Crippen molar-refractivity contribution in [2.24, 2.45) is 0 Å². The van der Waals surface area contributed by atoms with E-state index in [9.17, 15) is 4.39 Å². The van der Waals surface area contributed by atoms with Crippen molar-refractivity contribution < 1.29 is 4.39 Å². The highest BCUT2D eigenvalue weighted by atomic mass is 35.5. The minimum atomic E-state index is -0.307. The van der Waals surface area contributed by atoms with Crippen LogP contribution in [0, 0.1) is 5.82 Å². The SMILES string of the molecule is Fc1ccc(CSc2nc3ccccc3s2)c(Cl)c1. The lowest BCUT2D eigenvalue weighted by molar-refractivity contribution is 0.627. The lowest BCUT2D eigenvalue weighted by atomic mass is 10.2. The first-order valence-corrected chi connectivity index (χ1v) is 7.83. The molecule has 3 aromatic rings. The van der Waals surface area contributed by atoms with Crippen LogP contribution in [0.3, 0.4) is 0 Å². The molecule has 0 aliphatic heterocycles. The second-order valence-corrected chi connectivity index (χ2v) is 6.63. The van der Waals surface area contributed by atoms with Gasteiger partial charge in [0.15, 0.2) is 4.34 Å². The molecule has 3 rings (SSSR count). The van der Waals surface area contributed by atoms with Crippen LogP contribution in [0.1, 0.15) is 5.56 Å². The molecule has 0 saturated carbocycles. The maximum Gasteiger partial charge on any atom is 0.151 e. The van der Waals surface area contributed by atoms with E-state index >= 15 is 0 Å². The molecule has 0 N–H and O–H groups in total. The molecule has 0 aliphatic rings. The van der Waals surface area contributed by atoms with Gasteiger partial charge in [-0.05, 0) is 29.8 Å². The van der Waals surface area contributed by atoms with Crippen molar-refractivity contribution in [2.45, 2.75) is 10.1 Å². The molecule has 19 heavy (non-hydrogen) atoms. The molecule has 1 heterocycles. The number of halogens is 2. The minimum absolute atomic E-state index is 0.307. The fourth-order valence-electron chi connectivity index (χ4n) is 1.69. The summed E-state index contributed by atoms with van der Waals surface area (Å²) in [5, 5.41) is 0.466. The summed E-state index contributed by atoms with van der Waals surface area (Å²) in [5.41, 5.74) is 1.94. The van der Waals surface area contributed by atoms with Crippen molar-refractivity contribution in [2.75, 3.05) is 0 Å². The Hall–Kier alpha value is -1.10. The Morgan fingerprint density at radius 1 is 1.21 bits per heavy atom. The van der Waals surface area contributed by atoms with Crippen LogP contribution in [-0.4, -0.2) is 4.98 Å². The predicted octanol–water partition coefficient (Wildman–Crippen LogP) is 5.38. The molecule has 5 heteroatoms. The summed E-state index contributed by atoms with van der Waals surface area (Å²) in [6.07, 6.45) is 0. The Morgan fingerprint density at radius 3 is 2.84 bits per heavy atom. The van der Waals surface area contributed by atoms with Gasteiger partial charge < -0.3 is 0 Å². The maximum absolute atomic E-state index is 12.9. The van der Waals surface area contributed by atoms with Crippen molar-refractivity contribution in [3.8, 4) is 0 Å². The number of benzene rings is 2. The van der Waals surface area contributed by atoms with Crippen LogP contribution in [0.5, 0.6) is 0 Å². The van der Waals surface area contributed by atoms with E-state index in [2.05, 4.69) is 11.1 Å². The average Bonchev–Trinajstić information content (AvgIpc) is 2.80. The first-order chi connectivity index (χ1) is 9.22. The van der Waals surface area contributed by atoms with Gasteiger partial charge in [0.2, 0.25) is 0 Å². The van der Waals surface area contributed by atoms with Crippen LogP contribution in [0.4, 0.5) is 4.39 Å². The van der Waals surface area contributed by atoms with E-state index in [-0.39, 0.29) is 5.82 Å². The number of fused-ring (bicyclic) bond motifs is 1. The van der Waals surface area contributed by atoms with Crippen LogP contribution in [0.15, 0.2) is 46.8 Å². The molecule has 1 aromatic heterocycles. The molecule has 0 bridgehead atoms. The van der Waals surface area contributed by atoms with Crippen LogP contribution < -0.4 is 0 Å². The predicted molar refractivity (Wildman–Crippen MR) is 80.6 cm³/mol. The molecule has 0 radical (unpaired) electrons. The normalized spacial score (nSPS) is 11.1. The first kappa shape index (κ1) is 12.9. The molecule has 0 atom stereocenters. The number of hydrogen-bond acceptors (Lipinski definition) is 3. The molecule has 0 amide bonds.